The van der Waals surface area contributed by atoms with E-state index in [1.807, 2.05) is 30.9 Å². The zero-order chi connectivity index (χ0) is 18.0. The van der Waals surface area contributed by atoms with Crippen LogP contribution < -0.4 is 4.74 Å². The lowest BCUT2D eigenvalue weighted by Crippen LogP contribution is -2.53. The van der Waals surface area contributed by atoms with Crippen molar-refractivity contribution in [1.82, 2.24) is 9.80 Å². The normalized spacial score (nSPS) is 23.6. The molecular weight excluding hydrogens is 340 g/mol. The minimum absolute atomic E-state index is 0.0159. The average molecular weight is 366 g/mol. The first-order chi connectivity index (χ1) is 11.8. The van der Waals surface area contributed by atoms with Gasteiger partial charge < -0.3 is 9.64 Å². The van der Waals surface area contributed by atoms with Gasteiger partial charge in [0.15, 0.2) is 16.4 Å². The quantitative estimate of drug-likeness (QED) is 0.796. The number of hydrogen-bond donors (Lipinski definition) is 0. The molecule has 0 radical (unpaired) electrons. The van der Waals surface area contributed by atoms with Gasteiger partial charge in [-0.15, -0.1) is 0 Å². The van der Waals surface area contributed by atoms with Crippen molar-refractivity contribution in [3.05, 3.63) is 29.3 Å². The SMILES string of the molecule is Cc1cc(C)cc(OCC(=O)N2CCN([C@H]3CCS(=O)(=O)C3)CC2)c1. The molecule has 138 valence electrons. The van der Waals surface area contributed by atoms with E-state index in [2.05, 4.69) is 11.0 Å². The first kappa shape index (κ1) is 18.2. The Labute approximate surface area is 149 Å². The summed E-state index contributed by atoms with van der Waals surface area (Å²) in [6, 6.07) is 6.04. The number of ether oxygens (including phenoxy) is 1. The molecule has 3 rings (SSSR count). The predicted octanol–water partition coefficient (Wildman–Crippen LogP) is 1.01. The van der Waals surface area contributed by atoms with Crippen molar-refractivity contribution >= 4 is 15.7 Å². The molecule has 0 N–H and O–H groups in total. The molecule has 2 aliphatic rings. The fraction of sp³-hybridized carbons (Fsp3) is 0.611. The molecule has 1 atom stereocenters. The Morgan fingerprint density at radius 1 is 1.12 bits per heavy atom. The van der Waals surface area contributed by atoms with Crippen molar-refractivity contribution in [2.45, 2.75) is 26.3 Å². The van der Waals surface area contributed by atoms with Gasteiger partial charge in [0.1, 0.15) is 5.75 Å². The molecule has 0 saturated carbocycles. The van der Waals surface area contributed by atoms with Gasteiger partial charge in [0.25, 0.3) is 5.91 Å². The number of rotatable bonds is 4. The Kier molecular flexibility index (Phi) is 5.34. The lowest BCUT2D eigenvalue weighted by Gasteiger charge is -2.37. The summed E-state index contributed by atoms with van der Waals surface area (Å²) in [5.41, 5.74) is 2.23. The highest BCUT2D eigenvalue weighted by atomic mass is 32.2. The van der Waals surface area contributed by atoms with Crippen LogP contribution in [0.1, 0.15) is 17.5 Å². The molecule has 25 heavy (non-hydrogen) atoms. The molecule has 2 fully saturated rings. The van der Waals surface area contributed by atoms with Gasteiger partial charge in [-0.2, -0.15) is 0 Å². The summed E-state index contributed by atoms with van der Waals surface area (Å²) < 4.78 is 28.9. The maximum absolute atomic E-state index is 12.4. The number of carbonyl (C=O) groups excluding carboxylic acids is 1. The van der Waals surface area contributed by atoms with E-state index in [1.165, 1.54) is 0 Å². The lowest BCUT2D eigenvalue weighted by atomic mass is 10.1. The number of carbonyl (C=O) groups is 1. The van der Waals surface area contributed by atoms with E-state index in [4.69, 9.17) is 4.74 Å². The second-order valence-electron chi connectivity index (χ2n) is 7.09. The Balaban J connectivity index is 1.47. The molecular formula is C18H26N2O4S. The monoisotopic (exact) mass is 366 g/mol. The third kappa shape index (κ3) is 4.73. The second kappa shape index (κ2) is 7.33. The van der Waals surface area contributed by atoms with Gasteiger partial charge >= 0.3 is 0 Å². The van der Waals surface area contributed by atoms with Gasteiger partial charge in [0.2, 0.25) is 0 Å². The minimum Gasteiger partial charge on any atom is -0.484 e. The molecule has 0 aromatic heterocycles. The standard InChI is InChI=1S/C18H26N2O4S/c1-14-9-15(2)11-17(10-14)24-12-18(21)20-6-4-19(5-7-20)16-3-8-25(22,23)13-16/h9-11,16H,3-8,12-13H2,1-2H3/t16-/m0/s1. The first-order valence-corrected chi connectivity index (χ1v) is 10.6. The van der Waals surface area contributed by atoms with E-state index in [9.17, 15) is 13.2 Å². The fourth-order valence-corrected chi connectivity index (χ4v) is 5.41. The Hall–Kier alpha value is -1.60. The molecule has 2 heterocycles. The summed E-state index contributed by atoms with van der Waals surface area (Å²) >= 11 is 0. The first-order valence-electron chi connectivity index (χ1n) is 8.76. The number of aryl methyl sites for hydroxylation is 2. The summed E-state index contributed by atoms with van der Waals surface area (Å²) in [4.78, 5) is 16.4. The Morgan fingerprint density at radius 3 is 2.32 bits per heavy atom. The van der Waals surface area contributed by atoms with Crippen molar-refractivity contribution in [3.63, 3.8) is 0 Å². The molecule has 0 bridgehead atoms. The molecule has 1 aromatic carbocycles. The van der Waals surface area contributed by atoms with Crippen LogP contribution in [0.5, 0.6) is 5.75 Å². The molecule has 0 spiro atoms. The fourth-order valence-electron chi connectivity index (χ4n) is 3.65. The van der Waals surface area contributed by atoms with E-state index >= 15 is 0 Å². The van der Waals surface area contributed by atoms with Gasteiger partial charge in [-0.25, -0.2) is 8.42 Å². The Morgan fingerprint density at radius 2 is 1.76 bits per heavy atom. The van der Waals surface area contributed by atoms with Crippen molar-refractivity contribution in [1.29, 1.82) is 0 Å². The summed E-state index contributed by atoms with van der Waals surface area (Å²) in [5, 5.41) is 0. The van der Waals surface area contributed by atoms with Crippen molar-refractivity contribution in [2.75, 3.05) is 44.3 Å². The smallest absolute Gasteiger partial charge is 0.260 e. The molecule has 0 unspecified atom stereocenters. The molecule has 1 aromatic rings. The third-order valence-corrected chi connectivity index (χ3v) is 6.70. The van der Waals surface area contributed by atoms with E-state index < -0.39 is 9.84 Å². The molecule has 6 nitrogen and oxygen atoms in total. The number of hydrogen-bond acceptors (Lipinski definition) is 5. The van der Waals surface area contributed by atoms with Crippen molar-refractivity contribution < 1.29 is 17.9 Å². The van der Waals surface area contributed by atoms with Gasteiger partial charge in [-0.05, 0) is 43.5 Å². The maximum atomic E-state index is 12.4. The van der Waals surface area contributed by atoms with Crippen LogP contribution in [0.4, 0.5) is 0 Å². The largest absolute Gasteiger partial charge is 0.484 e. The summed E-state index contributed by atoms with van der Waals surface area (Å²) in [7, 11) is -2.86. The van der Waals surface area contributed by atoms with Crippen LogP contribution in [0, 0.1) is 13.8 Å². The van der Waals surface area contributed by atoms with Crippen LogP contribution in [0.3, 0.4) is 0 Å². The summed E-state index contributed by atoms with van der Waals surface area (Å²) in [6.45, 7) is 6.77. The average Bonchev–Trinajstić information content (AvgIpc) is 2.92. The highest BCUT2D eigenvalue weighted by Gasteiger charge is 2.34. The molecule has 7 heteroatoms. The van der Waals surface area contributed by atoms with E-state index in [0.717, 1.165) is 30.0 Å². The highest BCUT2D eigenvalue weighted by Crippen LogP contribution is 2.20. The number of amides is 1. The summed E-state index contributed by atoms with van der Waals surface area (Å²) in [6.07, 6.45) is 0.714. The van der Waals surface area contributed by atoms with Crippen LogP contribution in [-0.4, -0.2) is 74.5 Å². The maximum Gasteiger partial charge on any atom is 0.260 e. The zero-order valence-corrected chi connectivity index (χ0v) is 15.7. The molecule has 2 saturated heterocycles. The molecule has 2 aliphatic heterocycles. The molecule has 1 amide bonds. The number of nitrogens with zero attached hydrogens (tertiary/aromatic N) is 2. The van der Waals surface area contributed by atoms with Crippen LogP contribution in [0.25, 0.3) is 0 Å². The van der Waals surface area contributed by atoms with Crippen LogP contribution in [0.15, 0.2) is 18.2 Å². The number of benzene rings is 1. The topological polar surface area (TPSA) is 66.9 Å². The van der Waals surface area contributed by atoms with Crippen molar-refractivity contribution in [3.8, 4) is 5.75 Å². The van der Waals surface area contributed by atoms with Crippen molar-refractivity contribution in [2.24, 2.45) is 0 Å². The second-order valence-corrected chi connectivity index (χ2v) is 9.31. The van der Waals surface area contributed by atoms with Crippen LogP contribution in [-0.2, 0) is 14.6 Å². The van der Waals surface area contributed by atoms with Gasteiger partial charge in [0.05, 0.1) is 11.5 Å². The third-order valence-electron chi connectivity index (χ3n) is 4.95. The van der Waals surface area contributed by atoms with Gasteiger partial charge in [-0.3, -0.25) is 9.69 Å². The highest BCUT2D eigenvalue weighted by molar-refractivity contribution is 7.91. The van der Waals surface area contributed by atoms with E-state index in [0.29, 0.717) is 25.3 Å². The number of piperazine rings is 1. The molecule has 0 aliphatic carbocycles. The minimum atomic E-state index is -2.86. The zero-order valence-electron chi connectivity index (χ0n) is 14.9. The van der Waals surface area contributed by atoms with Crippen LogP contribution >= 0.6 is 0 Å². The lowest BCUT2D eigenvalue weighted by molar-refractivity contribution is -0.135. The predicted molar refractivity (Wildman–Crippen MR) is 96.6 cm³/mol. The summed E-state index contributed by atoms with van der Waals surface area (Å²) in [5.74, 6) is 1.26. The van der Waals surface area contributed by atoms with E-state index in [-0.39, 0.29) is 24.3 Å². The van der Waals surface area contributed by atoms with E-state index in [1.54, 1.807) is 0 Å². The van der Waals surface area contributed by atoms with Gasteiger partial charge in [-0.1, -0.05) is 6.07 Å². The Bertz CT molecular complexity index is 719. The van der Waals surface area contributed by atoms with Crippen LogP contribution in [0.2, 0.25) is 0 Å². The van der Waals surface area contributed by atoms with Gasteiger partial charge in [0, 0.05) is 32.2 Å². The number of sulfone groups is 1.